The van der Waals surface area contributed by atoms with Gasteiger partial charge in [0.25, 0.3) is 0 Å². The summed E-state index contributed by atoms with van der Waals surface area (Å²) in [5.41, 5.74) is 0. The zero-order valence-electron chi connectivity index (χ0n) is 9.18. The number of hydrogen-bond donors (Lipinski definition) is 1. The van der Waals surface area contributed by atoms with E-state index >= 15 is 0 Å². The van der Waals surface area contributed by atoms with Gasteiger partial charge in [-0.1, -0.05) is 20.3 Å². The van der Waals surface area contributed by atoms with Gasteiger partial charge in [-0.3, -0.25) is 0 Å². The molecule has 1 fully saturated rings. The first kappa shape index (κ1) is 13.2. The average molecular weight is 206 g/mol. The Bertz CT molecular complexity index is 125. The van der Waals surface area contributed by atoms with E-state index in [1.165, 1.54) is 32.1 Å². The summed E-state index contributed by atoms with van der Waals surface area (Å²) in [6.45, 7) is 6.93. The molecule has 1 nitrogen and oxygen atoms in total. The molecule has 1 rings (SSSR count). The first-order valence-electron chi connectivity index (χ1n) is 5.44. The summed E-state index contributed by atoms with van der Waals surface area (Å²) in [6.07, 6.45) is 6.96. The van der Waals surface area contributed by atoms with Gasteiger partial charge in [-0.25, -0.2) is 0 Å². The molecule has 80 valence electrons. The van der Waals surface area contributed by atoms with Crippen LogP contribution in [0.25, 0.3) is 0 Å². The van der Waals surface area contributed by atoms with Crippen molar-refractivity contribution >= 4 is 12.4 Å². The van der Waals surface area contributed by atoms with Gasteiger partial charge in [0.1, 0.15) is 0 Å². The molecular weight excluding hydrogens is 182 g/mol. The fraction of sp³-hybridized carbons (Fsp3) is 1.00. The molecule has 0 bridgehead atoms. The molecule has 13 heavy (non-hydrogen) atoms. The van der Waals surface area contributed by atoms with Crippen molar-refractivity contribution in [1.82, 2.24) is 5.32 Å². The number of rotatable bonds is 3. The lowest BCUT2D eigenvalue weighted by molar-refractivity contribution is 0.307. The zero-order chi connectivity index (χ0) is 8.97. The van der Waals surface area contributed by atoms with Gasteiger partial charge < -0.3 is 5.32 Å². The van der Waals surface area contributed by atoms with Crippen LogP contribution in [0.4, 0.5) is 0 Å². The van der Waals surface area contributed by atoms with Gasteiger partial charge in [-0.15, -0.1) is 12.4 Å². The fourth-order valence-electron chi connectivity index (χ4n) is 2.00. The van der Waals surface area contributed by atoms with E-state index in [9.17, 15) is 0 Å². The first-order valence-corrected chi connectivity index (χ1v) is 5.44. The highest BCUT2D eigenvalue weighted by atomic mass is 35.5. The third-order valence-corrected chi connectivity index (χ3v) is 2.80. The molecule has 2 unspecified atom stereocenters. The molecule has 1 heterocycles. The third kappa shape index (κ3) is 5.53. The van der Waals surface area contributed by atoms with Crippen LogP contribution in [0.3, 0.4) is 0 Å². The van der Waals surface area contributed by atoms with E-state index in [0.717, 1.165) is 18.0 Å². The van der Waals surface area contributed by atoms with E-state index in [1.807, 2.05) is 0 Å². The van der Waals surface area contributed by atoms with Gasteiger partial charge in [-0.05, 0) is 38.5 Å². The molecule has 0 spiro atoms. The number of piperidine rings is 1. The normalized spacial score (nSPS) is 28.6. The lowest BCUT2D eigenvalue weighted by Crippen LogP contribution is -2.40. The molecule has 0 aromatic heterocycles. The summed E-state index contributed by atoms with van der Waals surface area (Å²) in [7, 11) is 0. The van der Waals surface area contributed by atoms with Crippen molar-refractivity contribution in [3.05, 3.63) is 0 Å². The van der Waals surface area contributed by atoms with Crippen molar-refractivity contribution in [2.24, 2.45) is 5.92 Å². The number of halogens is 1. The maximum atomic E-state index is 3.67. The summed E-state index contributed by atoms with van der Waals surface area (Å²) in [5, 5.41) is 3.67. The average Bonchev–Trinajstić information content (AvgIpc) is 2.01. The number of nitrogens with one attached hydrogen (secondary N) is 1. The molecule has 0 aliphatic carbocycles. The highest BCUT2D eigenvalue weighted by Gasteiger charge is 2.17. The van der Waals surface area contributed by atoms with Crippen LogP contribution < -0.4 is 5.32 Å². The van der Waals surface area contributed by atoms with Crippen LogP contribution >= 0.6 is 12.4 Å². The van der Waals surface area contributed by atoms with Crippen LogP contribution in [0.15, 0.2) is 0 Å². The highest BCUT2D eigenvalue weighted by molar-refractivity contribution is 5.85. The minimum absolute atomic E-state index is 0. The largest absolute Gasteiger partial charge is 0.312 e. The summed E-state index contributed by atoms with van der Waals surface area (Å²) in [4.78, 5) is 0. The summed E-state index contributed by atoms with van der Waals surface area (Å²) >= 11 is 0. The summed E-state index contributed by atoms with van der Waals surface area (Å²) in [5.74, 6) is 0.865. The van der Waals surface area contributed by atoms with Crippen LogP contribution in [0.5, 0.6) is 0 Å². The highest BCUT2D eigenvalue weighted by Crippen LogP contribution is 2.17. The van der Waals surface area contributed by atoms with E-state index in [0.29, 0.717) is 0 Å². The zero-order valence-corrected chi connectivity index (χ0v) is 9.99. The smallest absolute Gasteiger partial charge is 0.00696 e. The SMILES string of the molecule is CC(C)CCC1CCCC(C)N1.Cl. The van der Waals surface area contributed by atoms with Crippen molar-refractivity contribution in [2.75, 3.05) is 0 Å². The Hall–Kier alpha value is 0.250. The molecule has 1 saturated heterocycles. The molecule has 1 aliphatic rings. The van der Waals surface area contributed by atoms with E-state index in [-0.39, 0.29) is 12.4 Å². The molecule has 0 amide bonds. The maximum absolute atomic E-state index is 3.67. The predicted molar refractivity (Wildman–Crippen MR) is 61.6 cm³/mol. The second-order valence-corrected chi connectivity index (χ2v) is 4.67. The second kappa shape index (κ2) is 6.67. The van der Waals surface area contributed by atoms with Gasteiger partial charge in [0, 0.05) is 12.1 Å². The van der Waals surface area contributed by atoms with E-state index in [4.69, 9.17) is 0 Å². The lowest BCUT2D eigenvalue weighted by Gasteiger charge is -2.29. The van der Waals surface area contributed by atoms with Gasteiger partial charge in [0.15, 0.2) is 0 Å². The minimum atomic E-state index is 0. The Morgan fingerprint density at radius 2 is 2.00 bits per heavy atom. The molecule has 2 heteroatoms. The summed E-state index contributed by atoms with van der Waals surface area (Å²) < 4.78 is 0. The predicted octanol–water partition coefficient (Wildman–Crippen LogP) is 3.38. The van der Waals surface area contributed by atoms with Crippen LogP contribution in [0.2, 0.25) is 0 Å². The van der Waals surface area contributed by atoms with Crippen LogP contribution in [-0.2, 0) is 0 Å². The van der Waals surface area contributed by atoms with E-state index in [1.54, 1.807) is 0 Å². The molecule has 1 aliphatic heterocycles. The van der Waals surface area contributed by atoms with Crippen LogP contribution in [-0.4, -0.2) is 12.1 Å². The van der Waals surface area contributed by atoms with Crippen LogP contribution in [0, 0.1) is 5.92 Å². The second-order valence-electron chi connectivity index (χ2n) is 4.67. The first-order chi connectivity index (χ1) is 5.68. The topological polar surface area (TPSA) is 12.0 Å². The van der Waals surface area contributed by atoms with Crippen molar-refractivity contribution < 1.29 is 0 Å². The Kier molecular flexibility index (Phi) is 6.79. The quantitative estimate of drug-likeness (QED) is 0.745. The van der Waals surface area contributed by atoms with Crippen LogP contribution in [0.1, 0.15) is 52.9 Å². The van der Waals surface area contributed by atoms with Gasteiger partial charge in [0.05, 0.1) is 0 Å². The standard InChI is InChI=1S/C11H23N.ClH/c1-9(2)7-8-11-6-4-5-10(3)12-11;/h9-12H,4-8H2,1-3H3;1H. The lowest BCUT2D eigenvalue weighted by atomic mass is 9.94. The molecular formula is C11H24ClN. The van der Waals surface area contributed by atoms with Crippen molar-refractivity contribution in [1.29, 1.82) is 0 Å². The molecule has 0 aromatic carbocycles. The molecule has 0 saturated carbocycles. The molecule has 2 atom stereocenters. The minimum Gasteiger partial charge on any atom is -0.312 e. The van der Waals surface area contributed by atoms with Crippen molar-refractivity contribution in [2.45, 2.75) is 65.0 Å². The Labute approximate surface area is 89.1 Å². The van der Waals surface area contributed by atoms with E-state index in [2.05, 4.69) is 26.1 Å². The molecule has 1 N–H and O–H groups in total. The number of hydrogen-bond acceptors (Lipinski definition) is 1. The fourth-order valence-corrected chi connectivity index (χ4v) is 2.00. The molecule has 0 aromatic rings. The van der Waals surface area contributed by atoms with Gasteiger partial charge >= 0.3 is 0 Å². The third-order valence-electron chi connectivity index (χ3n) is 2.80. The Morgan fingerprint density at radius 1 is 1.31 bits per heavy atom. The molecule has 0 radical (unpaired) electrons. The van der Waals surface area contributed by atoms with E-state index < -0.39 is 0 Å². The Morgan fingerprint density at radius 3 is 2.54 bits per heavy atom. The van der Waals surface area contributed by atoms with Gasteiger partial charge in [0.2, 0.25) is 0 Å². The summed E-state index contributed by atoms with van der Waals surface area (Å²) in [6, 6.07) is 1.58. The van der Waals surface area contributed by atoms with Crippen molar-refractivity contribution in [3.63, 3.8) is 0 Å². The van der Waals surface area contributed by atoms with Gasteiger partial charge in [-0.2, -0.15) is 0 Å². The van der Waals surface area contributed by atoms with Crippen molar-refractivity contribution in [3.8, 4) is 0 Å². The Balaban J connectivity index is 0.00000144. The maximum Gasteiger partial charge on any atom is 0.00696 e. The monoisotopic (exact) mass is 205 g/mol.